The van der Waals surface area contributed by atoms with E-state index in [0.717, 1.165) is 6.07 Å². The van der Waals surface area contributed by atoms with Gasteiger partial charge in [-0.1, -0.05) is 12.1 Å². The van der Waals surface area contributed by atoms with Crippen molar-refractivity contribution in [2.75, 3.05) is 0 Å². The van der Waals surface area contributed by atoms with Crippen molar-refractivity contribution >= 4 is 17.7 Å². The fourth-order valence-corrected chi connectivity index (χ4v) is 4.75. The monoisotopic (exact) mass is 380 g/mol. The van der Waals surface area contributed by atoms with E-state index >= 15 is 0 Å². The number of likely N-dealkylation sites (tertiary alicyclic amines) is 1. The maximum atomic E-state index is 13.3. The van der Waals surface area contributed by atoms with Crippen LogP contribution in [0.4, 0.5) is 13.2 Å². The number of benzene rings is 1. The number of halogens is 3. The molecule has 3 aliphatic heterocycles. The van der Waals surface area contributed by atoms with Crippen LogP contribution in [0, 0.1) is 0 Å². The Bertz CT molecular complexity index is 778. The van der Waals surface area contributed by atoms with Crippen LogP contribution in [-0.2, 0) is 15.8 Å². The molecule has 144 valence electrons. The van der Waals surface area contributed by atoms with Crippen LogP contribution in [0.3, 0.4) is 0 Å². The van der Waals surface area contributed by atoms with Gasteiger partial charge >= 0.3 is 6.18 Å². The molecule has 27 heavy (non-hydrogen) atoms. The molecule has 1 aromatic carbocycles. The predicted molar refractivity (Wildman–Crippen MR) is 88.5 cm³/mol. The highest BCUT2D eigenvalue weighted by Gasteiger charge is 2.48. The standard InChI is InChI=1S/C19H19F3N2O3/c20-19(21,22)15-4-2-1-3-14(15)18(27)23-11-5-6-12(23)10-13(9-11)24-16(25)7-8-17(24)26/h1-4,11-13H,5-10H2. The van der Waals surface area contributed by atoms with E-state index in [0.29, 0.717) is 25.7 Å². The Morgan fingerprint density at radius 3 is 2.04 bits per heavy atom. The minimum atomic E-state index is -4.60. The van der Waals surface area contributed by atoms with Gasteiger partial charge in [0.2, 0.25) is 11.8 Å². The van der Waals surface area contributed by atoms with Gasteiger partial charge in [-0.25, -0.2) is 0 Å². The second kappa shape index (κ2) is 6.35. The van der Waals surface area contributed by atoms with Gasteiger partial charge in [-0.15, -0.1) is 0 Å². The van der Waals surface area contributed by atoms with Gasteiger partial charge in [0.25, 0.3) is 5.91 Å². The Kier molecular flexibility index (Phi) is 4.24. The number of piperidine rings is 1. The van der Waals surface area contributed by atoms with E-state index in [-0.39, 0.29) is 48.3 Å². The van der Waals surface area contributed by atoms with Crippen LogP contribution >= 0.6 is 0 Å². The van der Waals surface area contributed by atoms with Crippen LogP contribution < -0.4 is 0 Å². The molecule has 0 N–H and O–H groups in total. The summed E-state index contributed by atoms with van der Waals surface area (Å²) in [6.45, 7) is 0. The summed E-state index contributed by atoms with van der Waals surface area (Å²) in [5.74, 6) is -0.994. The second-order valence-electron chi connectivity index (χ2n) is 7.42. The molecule has 0 spiro atoms. The van der Waals surface area contributed by atoms with E-state index in [2.05, 4.69) is 0 Å². The van der Waals surface area contributed by atoms with E-state index in [1.54, 1.807) is 4.90 Å². The third-order valence-electron chi connectivity index (χ3n) is 5.86. The predicted octanol–water partition coefficient (Wildman–Crippen LogP) is 2.99. The molecule has 0 saturated carbocycles. The number of amides is 3. The van der Waals surface area contributed by atoms with Gasteiger partial charge in [-0.05, 0) is 37.8 Å². The van der Waals surface area contributed by atoms with Crippen molar-refractivity contribution in [2.45, 2.75) is 62.8 Å². The van der Waals surface area contributed by atoms with Crippen molar-refractivity contribution in [1.82, 2.24) is 9.80 Å². The summed E-state index contributed by atoms with van der Waals surface area (Å²) < 4.78 is 39.9. The van der Waals surface area contributed by atoms with E-state index in [9.17, 15) is 27.6 Å². The number of imide groups is 1. The maximum Gasteiger partial charge on any atom is 0.417 e. The topological polar surface area (TPSA) is 57.7 Å². The lowest BCUT2D eigenvalue weighted by Crippen LogP contribution is -2.53. The quantitative estimate of drug-likeness (QED) is 0.742. The molecule has 3 fully saturated rings. The number of rotatable bonds is 2. The molecule has 5 nitrogen and oxygen atoms in total. The highest BCUT2D eigenvalue weighted by molar-refractivity contribution is 6.02. The van der Waals surface area contributed by atoms with Crippen molar-refractivity contribution in [3.63, 3.8) is 0 Å². The Morgan fingerprint density at radius 2 is 1.48 bits per heavy atom. The third-order valence-corrected chi connectivity index (χ3v) is 5.86. The van der Waals surface area contributed by atoms with Gasteiger partial charge in [0.15, 0.2) is 0 Å². The third kappa shape index (κ3) is 3.00. The van der Waals surface area contributed by atoms with E-state index in [1.807, 2.05) is 0 Å². The minimum Gasteiger partial charge on any atom is -0.333 e. The number of hydrogen-bond acceptors (Lipinski definition) is 3. The summed E-state index contributed by atoms with van der Waals surface area (Å²) in [6.07, 6.45) is -1.94. The van der Waals surface area contributed by atoms with E-state index in [1.165, 1.54) is 23.1 Å². The molecule has 4 rings (SSSR count). The molecule has 2 atom stereocenters. The highest BCUT2D eigenvalue weighted by atomic mass is 19.4. The van der Waals surface area contributed by atoms with Gasteiger partial charge in [0.05, 0.1) is 11.1 Å². The molecule has 3 amide bonds. The second-order valence-corrected chi connectivity index (χ2v) is 7.42. The molecule has 0 radical (unpaired) electrons. The van der Waals surface area contributed by atoms with Crippen molar-refractivity contribution in [3.05, 3.63) is 35.4 Å². The van der Waals surface area contributed by atoms with Crippen molar-refractivity contribution < 1.29 is 27.6 Å². The molecular weight excluding hydrogens is 361 g/mol. The summed E-state index contributed by atoms with van der Waals surface area (Å²) >= 11 is 0. The summed E-state index contributed by atoms with van der Waals surface area (Å²) in [7, 11) is 0. The molecular formula is C19H19F3N2O3. The normalized spacial score (nSPS) is 28.2. The molecule has 3 aliphatic rings. The Hall–Kier alpha value is -2.38. The van der Waals surface area contributed by atoms with E-state index < -0.39 is 17.6 Å². The molecule has 3 heterocycles. The first-order valence-electron chi connectivity index (χ1n) is 9.11. The van der Waals surface area contributed by atoms with Gasteiger partial charge < -0.3 is 4.90 Å². The first kappa shape index (κ1) is 18.0. The number of carbonyl (C=O) groups is 3. The molecule has 0 aliphatic carbocycles. The fourth-order valence-electron chi connectivity index (χ4n) is 4.75. The van der Waals surface area contributed by atoms with Crippen LogP contribution in [0.2, 0.25) is 0 Å². The number of alkyl halides is 3. The van der Waals surface area contributed by atoms with Gasteiger partial charge in [-0.2, -0.15) is 13.2 Å². The zero-order chi connectivity index (χ0) is 19.3. The molecule has 1 aromatic rings. The Morgan fingerprint density at radius 1 is 0.926 bits per heavy atom. The lowest BCUT2D eigenvalue weighted by molar-refractivity contribution is -0.143. The minimum absolute atomic E-state index is 0.188. The van der Waals surface area contributed by atoms with Crippen LogP contribution in [0.15, 0.2) is 24.3 Å². The number of nitrogens with zero attached hydrogens (tertiary/aromatic N) is 2. The number of carbonyl (C=O) groups excluding carboxylic acids is 3. The highest BCUT2D eigenvalue weighted by Crippen LogP contribution is 2.41. The van der Waals surface area contributed by atoms with Gasteiger partial charge in [0.1, 0.15) is 0 Å². The van der Waals surface area contributed by atoms with Crippen molar-refractivity contribution in [3.8, 4) is 0 Å². The summed E-state index contributed by atoms with van der Waals surface area (Å²) in [4.78, 5) is 39.8. The smallest absolute Gasteiger partial charge is 0.333 e. The van der Waals surface area contributed by atoms with Crippen LogP contribution in [0.1, 0.15) is 54.4 Å². The lowest BCUT2D eigenvalue weighted by Gasteiger charge is -2.41. The first-order chi connectivity index (χ1) is 12.8. The molecule has 8 heteroatoms. The van der Waals surface area contributed by atoms with Crippen LogP contribution in [0.5, 0.6) is 0 Å². The van der Waals surface area contributed by atoms with E-state index in [4.69, 9.17) is 0 Å². The van der Waals surface area contributed by atoms with Crippen molar-refractivity contribution in [1.29, 1.82) is 0 Å². The largest absolute Gasteiger partial charge is 0.417 e. The van der Waals surface area contributed by atoms with Gasteiger partial charge in [-0.3, -0.25) is 19.3 Å². The average Bonchev–Trinajstić information content (AvgIpc) is 3.09. The lowest BCUT2D eigenvalue weighted by atomic mass is 9.94. The summed E-state index contributed by atoms with van der Waals surface area (Å²) in [5, 5.41) is 0. The molecule has 3 saturated heterocycles. The zero-order valence-corrected chi connectivity index (χ0v) is 14.5. The Balaban J connectivity index is 1.58. The fraction of sp³-hybridized carbons (Fsp3) is 0.526. The SMILES string of the molecule is O=C1CCC(=O)N1C1CC2CCC(C1)N2C(=O)c1ccccc1C(F)(F)F. The van der Waals surface area contributed by atoms with Crippen LogP contribution in [0.25, 0.3) is 0 Å². The molecule has 2 bridgehead atoms. The van der Waals surface area contributed by atoms with Gasteiger partial charge in [0, 0.05) is 31.0 Å². The molecule has 0 aromatic heterocycles. The summed E-state index contributed by atoms with van der Waals surface area (Å²) in [6, 6.07) is 4.08. The Labute approximate surface area is 154 Å². The number of fused-ring (bicyclic) bond motifs is 2. The van der Waals surface area contributed by atoms with Crippen LogP contribution in [-0.4, -0.2) is 45.6 Å². The first-order valence-corrected chi connectivity index (χ1v) is 9.11. The number of hydrogen-bond donors (Lipinski definition) is 0. The zero-order valence-electron chi connectivity index (χ0n) is 14.5. The van der Waals surface area contributed by atoms with Crippen molar-refractivity contribution in [2.24, 2.45) is 0 Å². The maximum absolute atomic E-state index is 13.3. The molecule has 2 unspecified atom stereocenters. The summed E-state index contributed by atoms with van der Waals surface area (Å²) in [5.41, 5.74) is -1.27. The average molecular weight is 380 g/mol.